The van der Waals surface area contributed by atoms with E-state index in [0.29, 0.717) is 19.1 Å². The summed E-state index contributed by atoms with van der Waals surface area (Å²) >= 11 is 0. The highest BCUT2D eigenvalue weighted by molar-refractivity contribution is 7.90. The van der Waals surface area contributed by atoms with Crippen molar-refractivity contribution in [3.63, 3.8) is 0 Å². The molecule has 0 bridgehead atoms. The van der Waals surface area contributed by atoms with Crippen molar-refractivity contribution in [2.24, 2.45) is 4.99 Å². The van der Waals surface area contributed by atoms with Gasteiger partial charge in [0.15, 0.2) is 5.96 Å². The summed E-state index contributed by atoms with van der Waals surface area (Å²) in [6.45, 7) is 3.94. The van der Waals surface area contributed by atoms with Crippen molar-refractivity contribution in [1.82, 2.24) is 10.6 Å². The third-order valence-corrected chi connectivity index (χ3v) is 4.45. The van der Waals surface area contributed by atoms with Crippen LogP contribution in [-0.2, 0) is 21.0 Å². The zero-order valence-corrected chi connectivity index (χ0v) is 16.3. The second kappa shape index (κ2) is 10.9. The molecule has 142 valence electrons. The first-order valence-electron chi connectivity index (χ1n) is 8.19. The third kappa shape index (κ3) is 9.31. The number of nitrogens with one attached hydrogen (secondary N) is 2. The SMILES string of the molecule is CN=C(NCCOCCS(C)(=O)=O)NCCc1ccc(C)c(OC)c1. The van der Waals surface area contributed by atoms with E-state index < -0.39 is 9.84 Å². The molecule has 7 nitrogen and oxygen atoms in total. The van der Waals surface area contributed by atoms with Gasteiger partial charge in [0.05, 0.1) is 26.1 Å². The quantitative estimate of drug-likeness (QED) is 0.359. The molecule has 1 rings (SSSR count). The molecule has 0 saturated heterocycles. The fourth-order valence-electron chi connectivity index (χ4n) is 2.12. The van der Waals surface area contributed by atoms with E-state index in [4.69, 9.17) is 9.47 Å². The number of aliphatic imine (C=N–C) groups is 1. The van der Waals surface area contributed by atoms with Gasteiger partial charge in [-0.2, -0.15) is 0 Å². The van der Waals surface area contributed by atoms with Crippen LogP contribution in [-0.4, -0.2) is 66.8 Å². The highest BCUT2D eigenvalue weighted by Gasteiger charge is 2.03. The highest BCUT2D eigenvalue weighted by Crippen LogP contribution is 2.18. The van der Waals surface area contributed by atoms with Gasteiger partial charge in [-0.15, -0.1) is 0 Å². The van der Waals surface area contributed by atoms with Crippen molar-refractivity contribution < 1.29 is 17.9 Å². The molecule has 25 heavy (non-hydrogen) atoms. The lowest BCUT2D eigenvalue weighted by molar-refractivity contribution is 0.154. The van der Waals surface area contributed by atoms with Gasteiger partial charge in [0, 0.05) is 26.4 Å². The zero-order valence-electron chi connectivity index (χ0n) is 15.5. The Morgan fingerprint density at radius 2 is 1.92 bits per heavy atom. The van der Waals surface area contributed by atoms with E-state index in [2.05, 4.69) is 27.8 Å². The van der Waals surface area contributed by atoms with Crippen LogP contribution in [0.15, 0.2) is 23.2 Å². The predicted octanol–water partition coefficient (Wildman–Crippen LogP) is 0.772. The number of hydrogen-bond donors (Lipinski definition) is 2. The number of ether oxygens (including phenoxy) is 2. The molecular formula is C17H29N3O4S. The lowest BCUT2D eigenvalue weighted by atomic mass is 10.1. The number of guanidine groups is 1. The Kier molecular flexibility index (Phi) is 9.30. The fourth-order valence-corrected chi connectivity index (χ4v) is 2.54. The van der Waals surface area contributed by atoms with Crippen LogP contribution in [0.1, 0.15) is 11.1 Å². The monoisotopic (exact) mass is 371 g/mol. The Bertz CT molecular complexity index is 660. The first kappa shape index (κ1) is 21.2. The summed E-state index contributed by atoms with van der Waals surface area (Å²) in [6, 6.07) is 6.18. The Morgan fingerprint density at radius 1 is 1.20 bits per heavy atom. The minimum atomic E-state index is -2.97. The van der Waals surface area contributed by atoms with E-state index in [0.717, 1.165) is 24.3 Å². The van der Waals surface area contributed by atoms with Crippen molar-refractivity contribution in [2.75, 3.05) is 52.5 Å². The Morgan fingerprint density at radius 3 is 2.56 bits per heavy atom. The molecule has 1 aromatic carbocycles. The van der Waals surface area contributed by atoms with Crippen LogP contribution in [0.5, 0.6) is 5.75 Å². The number of methoxy groups -OCH3 is 1. The maximum Gasteiger partial charge on any atom is 0.191 e. The minimum Gasteiger partial charge on any atom is -0.496 e. The number of aryl methyl sites for hydroxylation is 1. The highest BCUT2D eigenvalue weighted by atomic mass is 32.2. The van der Waals surface area contributed by atoms with Crippen LogP contribution >= 0.6 is 0 Å². The average molecular weight is 372 g/mol. The summed E-state index contributed by atoms with van der Waals surface area (Å²) in [6.07, 6.45) is 2.05. The van der Waals surface area contributed by atoms with Crippen molar-refractivity contribution in [3.8, 4) is 5.75 Å². The van der Waals surface area contributed by atoms with Crippen LogP contribution in [0.4, 0.5) is 0 Å². The van der Waals surface area contributed by atoms with Gasteiger partial charge in [-0.05, 0) is 30.5 Å². The molecule has 0 amide bonds. The summed E-state index contributed by atoms with van der Waals surface area (Å²) in [5.74, 6) is 1.62. The first-order chi connectivity index (χ1) is 11.9. The van der Waals surface area contributed by atoms with Crippen LogP contribution in [0.2, 0.25) is 0 Å². The number of hydrogen-bond acceptors (Lipinski definition) is 5. The molecule has 0 spiro atoms. The van der Waals surface area contributed by atoms with E-state index >= 15 is 0 Å². The Hall–Kier alpha value is -1.80. The maximum absolute atomic E-state index is 11.0. The van der Waals surface area contributed by atoms with Gasteiger partial charge in [0.1, 0.15) is 15.6 Å². The molecule has 8 heteroatoms. The van der Waals surface area contributed by atoms with E-state index in [1.165, 1.54) is 11.8 Å². The Balaban J connectivity index is 2.24. The van der Waals surface area contributed by atoms with Crippen LogP contribution in [0.3, 0.4) is 0 Å². The normalized spacial score (nSPS) is 12.1. The average Bonchev–Trinajstić information content (AvgIpc) is 2.56. The molecule has 1 aromatic rings. The molecule has 0 saturated carbocycles. The van der Waals surface area contributed by atoms with Crippen molar-refractivity contribution in [3.05, 3.63) is 29.3 Å². The van der Waals surface area contributed by atoms with Gasteiger partial charge in [0.25, 0.3) is 0 Å². The van der Waals surface area contributed by atoms with Crippen LogP contribution < -0.4 is 15.4 Å². The minimum absolute atomic E-state index is 0.0417. The second-order valence-corrected chi connectivity index (χ2v) is 7.98. The van der Waals surface area contributed by atoms with Gasteiger partial charge in [-0.25, -0.2) is 8.42 Å². The molecular weight excluding hydrogens is 342 g/mol. The van der Waals surface area contributed by atoms with E-state index in [-0.39, 0.29) is 12.4 Å². The van der Waals surface area contributed by atoms with Gasteiger partial charge >= 0.3 is 0 Å². The summed E-state index contributed by atoms with van der Waals surface area (Å²) in [5.41, 5.74) is 2.31. The number of benzene rings is 1. The Labute approximate surface area is 150 Å². The number of rotatable bonds is 10. The molecule has 0 aliphatic carbocycles. The van der Waals surface area contributed by atoms with E-state index in [1.807, 2.05) is 13.0 Å². The molecule has 0 aliphatic rings. The summed E-state index contributed by atoms with van der Waals surface area (Å²) in [7, 11) is 0.409. The molecule has 2 N–H and O–H groups in total. The summed E-state index contributed by atoms with van der Waals surface area (Å²) < 4.78 is 32.6. The van der Waals surface area contributed by atoms with E-state index in [1.54, 1.807) is 14.2 Å². The van der Waals surface area contributed by atoms with Crippen LogP contribution in [0, 0.1) is 6.92 Å². The fraction of sp³-hybridized carbons (Fsp3) is 0.588. The molecule has 0 radical (unpaired) electrons. The van der Waals surface area contributed by atoms with Gasteiger partial charge in [0.2, 0.25) is 0 Å². The van der Waals surface area contributed by atoms with Crippen molar-refractivity contribution in [1.29, 1.82) is 0 Å². The number of nitrogens with zero attached hydrogens (tertiary/aromatic N) is 1. The molecule has 0 unspecified atom stereocenters. The van der Waals surface area contributed by atoms with Crippen molar-refractivity contribution in [2.45, 2.75) is 13.3 Å². The lowest BCUT2D eigenvalue weighted by Gasteiger charge is -2.13. The third-order valence-electron chi connectivity index (χ3n) is 3.54. The molecule has 0 fully saturated rings. The smallest absolute Gasteiger partial charge is 0.191 e. The van der Waals surface area contributed by atoms with Gasteiger partial charge in [-0.3, -0.25) is 4.99 Å². The zero-order chi connectivity index (χ0) is 18.7. The summed E-state index contributed by atoms with van der Waals surface area (Å²) in [5, 5.41) is 6.36. The number of sulfone groups is 1. The largest absolute Gasteiger partial charge is 0.496 e. The lowest BCUT2D eigenvalue weighted by Crippen LogP contribution is -2.39. The maximum atomic E-state index is 11.0. The molecule has 0 aliphatic heterocycles. The van der Waals surface area contributed by atoms with Gasteiger partial charge in [-0.1, -0.05) is 12.1 Å². The first-order valence-corrected chi connectivity index (χ1v) is 10.3. The van der Waals surface area contributed by atoms with Crippen LogP contribution in [0.25, 0.3) is 0 Å². The second-order valence-electron chi connectivity index (χ2n) is 5.72. The molecule has 0 heterocycles. The standard InChI is InChI=1S/C17H29N3O4S/c1-14-5-6-15(13-16(14)23-3)7-8-19-17(18-2)20-9-10-24-11-12-25(4,21)22/h5-6,13H,7-12H2,1-4H3,(H2,18,19,20). The topological polar surface area (TPSA) is 89.0 Å². The van der Waals surface area contributed by atoms with Gasteiger partial charge < -0.3 is 20.1 Å². The molecule has 0 atom stereocenters. The predicted molar refractivity (Wildman–Crippen MR) is 101 cm³/mol. The van der Waals surface area contributed by atoms with E-state index in [9.17, 15) is 8.42 Å². The molecule has 0 aromatic heterocycles. The summed E-state index contributed by atoms with van der Waals surface area (Å²) in [4.78, 5) is 4.14. The van der Waals surface area contributed by atoms with Crippen molar-refractivity contribution >= 4 is 15.8 Å².